The Morgan fingerprint density at radius 1 is 0.474 bits per heavy atom. The fourth-order valence-corrected chi connectivity index (χ4v) is 5.89. The predicted octanol–water partition coefficient (Wildman–Crippen LogP) is 12.8. The first-order valence-electron chi connectivity index (χ1n) is 17.7. The van der Waals surface area contributed by atoms with E-state index in [1.54, 1.807) is 0 Å². The third-order valence-electron chi connectivity index (χ3n) is 8.60. The number of rotatable bonds is 30. The van der Waals surface area contributed by atoms with Gasteiger partial charge in [0.2, 0.25) is 0 Å². The molecule has 1 aliphatic rings. The van der Waals surface area contributed by atoms with Crippen LogP contribution in [0.5, 0.6) is 0 Å². The van der Waals surface area contributed by atoms with Crippen LogP contribution in [0.3, 0.4) is 0 Å². The van der Waals surface area contributed by atoms with Crippen LogP contribution in [0.1, 0.15) is 206 Å². The number of esters is 1. The highest BCUT2D eigenvalue weighted by Gasteiger charge is 2.36. The summed E-state index contributed by atoms with van der Waals surface area (Å²) in [6.45, 7) is 4.58. The number of cyclic esters (lactones) is 1. The number of carbonyl (C=O) groups is 1. The lowest BCUT2D eigenvalue weighted by atomic mass is 9.93. The smallest absolute Gasteiger partial charge is 0.321 e. The Bertz CT molecular complexity index is 537. The van der Waals surface area contributed by atoms with Crippen LogP contribution in [-0.4, -0.2) is 5.97 Å². The van der Waals surface area contributed by atoms with Gasteiger partial charge in [0.25, 0.3) is 0 Å². The van der Waals surface area contributed by atoms with Crippen molar-refractivity contribution in [1.82, 2.24) is 0 Å². The van der Waals surface area contributed by atoms with Crippen LogP contribution in [0.4, 0.5) is 0 Å². The summed E-state index contributed by atoms with van der Waals surface area (Å²) in [6.07, 6.45) is 43.2. The van der Waals surface area contributed by atoms with Crippen LogP contribution < -0.4 is 0 Å². The molecule has 1 saturated heterocycles. The Hall–Kier alpha value is -0.790. The minimum atomic E-state index is 0.0203. The van der Waals surface area contributed by atoms with Gasteiger partial charge in [0, 0.05) is 0 Å². The maximum absolute atomic E-state index is 11.9. The molecule has 0 aliphatic carbocycles. The molecule has 0 bridgehead atoms. The van der Waals surface area contributed by atoms with Crippen molar-refractivity contribution in [3.63, 3.8) is 0 Å². The van der Waals surface area contributed by atoms with Crippen LogP contribution in [-0.2, 0) is 9.53 Å². The van der Waals surface area contributed by atoms with Crippen LogP contribution in [0, 0.1) is 5.92 Å². The van der Waals surface area contributed by atoms with Gasteiger partial charge in [-0.25, -0.2) is 0 Å². The van der Waals surface area contributed by atoms with E-state index in [-0.39, 0.29) is 11.9 Å². The van der Waals surface area contributed by atoms with E-state index in [4.69, 9.17) is 4.74 Å². The van der Waals surface area contributed by atoms with Gasteiger partial charge in [0.1, 0.15) is 11.7 Å². The molecule has 0 radical (unpaired) electrons. The summed E-state index contributed by atoms with van der Waals surface area (Å²) in [6, 6.07) is 0. The van der Waals surface area contributed by atoms with E-state index >= 15 is 0 Å². The maximum Gasteiger partial charge on any atom is 0.321 e. The zero-order valence-electron chi connectivity index (χ0n) is 26.2. The summed E-state index contributed by atoms with van der Waals surface area (Å²) in [4.78, 5) is 11.9. The minimum Gasteiger partial charge on any atom is -0.430 e. The SMILES string of the molecule is CCCCCCCCCCCCCCCC/C=C1/OC(=O)C1CCCCCCCCCCCCCCCC. The largest absolute Gasteiger partial charge is 0.430 e. The lowest BCUT2D eigenvalue weighted by Crippen LogP contribution is -2.32. The van der Waals surface area contributed by atoms with Gasteiger partial charge in [0.15, 0.2) is 0 Å². The normalized spacial score (nSPS) is 16.2. The second-order valence-corrected chi connectivity index (χ2v) is 12.3. The number of carbonyl (C=O) groups excluding carboxylic acids is 1. The molecule has 0 amide bonds. The second kappa shape index (κ2) is 27.8. The maximum atomic E-state index is 11.9. The van der Waals surface area contributed by atoms with Crippen molar-refractivity contribution < 1.29 is 9.53 Å². The fourth-order valence-electron chi connectivity index (χ4n) is 5.89. The first-order valence-corrected chi connectivity index (χ1v) is 17.7. The minimum absolute atomic E-state index is 0.0203. The molecule has 1 aliphatic heterocycles. The van der Waals surface area contributed by atoms with E-state index in [1.165, 1.54) is 180 Å². The molecule has 1 unspecified atom stereocenters. The molecule has 1 heterocycles. The molecule has 0 aromatic heterocycles. The van der Waals surface area contributed by atoms with Crippen molar-refractivity contribution >= 4 is 5.97 Å². The van der Waals surface area contributed by atoms with Gasteiger partial charge in [-0.2, -0.15) is 0 Å². The zero-order valence-corrected chi connectivity index (χ0v) is 26.2. The van der Waals surface area contributed by atoms with Crippen LogP contribution in [0.15, 0.2) is 11.8 Å². The highest BCUT2D eigenvalue weighted by atomic mass is 16.6. The van der Waals surface area contributed by atoms with Gasteiger partial charge in [-0.15, -0.1) is 0 Å². The topological polar surface area (TPSA) is 26.3 Å². The predicted molar refractivity (Wildman–Crippen MR) is 168 cm³/mol. The summed E-state index contributed by atoms with van der Waals surface area (Å²) >= 11 is 0. The highest BCUT2D eigenvalue weighted by Crippen LogP contribution is 2.32. The average molecular weight is 533 g/mol. The first kappa shape index (κ1) is 35.2. The Morgan fingerprint density at radius 2 is 0.789 bits per heavy atom. The lowest BCUT2D eigenvalue weighted by Gasteiger charge is -2.28. The Labute approximate surface area is 239 Å². The molecule has 1 fully saturated rings. The third-order valence-corrected chi connectivity index (χ3v) is 8.60. The molecular weight excluding hydrogens is 464 g/mol. The van der Waals surface area contributed by atoms with Crippen molar-refractivity contribution in [2.24, 2.45) is 5.92 Å². The van der Waals surface area contributed by atoms with Gasteiger partial charge in [0.05, 0.1) is 0 Å². The van der Waals surface area contributed by atoms with Gasteiger partial charge in [-0.05, 0) is 25.3 Å². The number of hydrogen-bond donors (Lipinski definition) is 0. The van der Waals surface area contributed by atoms with Crippen molar-refractivity contribution in [2.75, 3.05) is 0 Å². The molecule has 0 aromatic rings. The number of hydrogen-bond acceptors (Lipinski definition) is 2. The molecular formula is C36H68O2. The van der Waals surface area contributed by atoms with E-state index in [0.717, 1.165) is 18.6 Å². The van der Waals surface area contributed by atoms with Crippen LogP contribution in [0.25, 0.3) is 0 Å². The number of ether oxygens (including phenoxy) is 1. The molecule has 224 valence electrons. The summed E-state index contributed by atoms with van der Waals surface area (Å²) in [5.74, 6) is 1.09. The molecule has 0 N–H and O–H groups in total. The van der Waals surface area contributed by atoms with Crippen molar-refractivity contribution in [3.8, 4) is 0 Å². The summed E-state index contributed by atoms with van der Waals surface area (Å²) in [5.41, 5.74) is 0. The fraction of sp³-hybridized carbons (Fsp3) is 0.917. The lowest BCUT2D eigenvalue weighted by molar-refractivity contribution is -0.157. The van der Waals surface area contributed by atoms with Crippen molar-refractivity contribution in [1.29, 1.82) is 0 Å². The van der Waals surface area contributed by atoms with Crippen LogP contribution >= 0.6 is 0 Å². The van der Waals surface area contributed by atoms with Crippen LogP contribution in [0.2, 0.25) is 0 Å². The standard InChI is InChI=1S/C36H68O2/c1-3-5-7-9-11-13-15-17-19-21-23-25-27-29-31-33-35-34(36(37)38-35)32-30-28-26-24-22-20-18-16-14-12-10-8-6-4-2/h33-34H,3-32H2,1-2H3/b35-33+. The van der Waals surface area contributed by atoms with Gasteiger partial charge >= 0.3 is 5.97 Å². The molecule has 1 atom stereocenters. The van der Waals surface area contributed by atoms with Crippen molar-refractivity contribution in [3.05, 3.63) is 11.8 Å². The summed E-state index contributed by atoms with van der Waals surface area (Å²) < 4.78 is 5.36. The second-order valence-electron chi connectivity index (χ2n) is 12.3. The first-order chi connectivity index (χ1) is 18.8. The quantitative estimate of drug-likeness (QED) is 0.0679. The molecule has 2 heteroatoms. The van der Waals surface area contributed by atoms with E-state index in [1.807, 2.05) is 0 Å². The Kier molecular flexibility index (Phi) is 25.7. The molecule has 0 saturated carbocycles. The monoisotopic (exact) mass is 533 g/mol. The Balaban J connectivity index is 1.85. The molecule has 38 heavy (non-hydrogen) atoms. The summed E-state index contributed by atoms with van der Waals surface area (Å²) in [5, 5.41) is 0. The van der Waals surface area contributed by atoms with E-state index in [0.29, 0.717) is 0 Å². The highest BCUT2D eigenvalue weighted by molar-refractivity contribution is 5.82. The number of unbranched alkanes of at least 4 members (excludes halogenated alkanes) is 27. The van der Waals surface area contributed by atoms with Gasteiger partial charge in [-0.3, -0.25) is 4.79 Å². The number of allylic oxidation sites excluding steroid dienone is 1. The van der Waals surface area contributed by atoms with Gasteiger partial charge in [-0.1, -0.05) is 187 Å². The van der Waals surface area contributed by atoms with E-state index in [2.05, 4.69) is 19.9 Å². The molecule has 1 rings (SSSR count). The third kappa shape index (κ3) is 21.1. The van der Waals surface area contributed by atoms with E-state index < -0.39 is 0 Å². The van der Waals surface area contributed by atoms with Crippen molar-refractivity contribution in [2.45, 2.75) is 206 Å². The zero-order chi connectivity index (χ0) is 27.4. The van der Waals surface area contributed by atoms with Gasteiger partial charge < -0.3 is 4.74 Å². The Morgan fingerprint density at radius 3 is 1.13 bits per heavy atom. The molecule has 0 aromatic carbocycles. The summed E-state index contributed by atoms with van der Waals surface area (Å²) in [7, 11) is 0. The average Bonchev–Trinajstić information content (AvgIpc) is 2.92. The molecule has 2 nitrogen and oxygen atoms in total. The van der Waals surface area contributed by atoms with E-state index in [9.17, 15) is 4.79 Å². The molecule has 0 spiro atoms.